The van der Waals surface area contributed by atoms with Crippen LogP contribution in [0.2, 0.25) is 0 Å². The number of ether oxygens (including phenoxy) is 2. The molecule has 0 unspecified atom stereocenters. The van der Waals surface area contributed by atoms with Crippen molar-refractivity contribution in [3.8, 4) is 5.88 Å². The third kappa shape index (κ3) is 3.76. The third-order valence-electron chi connectivity index (χ3n) is 5.95. The average molecular weight is 394 g/mol. The van der Waals surface area contributed by atoms with Gasteiger partial charge in [-0.2, -0.15) is 10.1 Å². The lowest BCUT2D eigenvalue weighted by atomic mass is 9.87. The Kier molecular flexibility index (Phi) is 5.01. The van der Waals surface area contributed by atoms with Crippen molar-refractivity contribution < 1.29 is 9.47 Å². The predicted octanol–water partition coefficient (Wildman–Crippen LogP) is 2.70. The van der Waals surface area contributed by atoms with Gasteiger partial charge in [-0.3, -0.25) is 9.67 Å². The molecule has 0 N–H and O–H groups in total. The topological polar surface area (TPSA) is 78.2 Å². The van der Waals surface area contributed by atoms with E-state index in [-0.39, 0.29) is 6.10 Å². The van der Waals surface area contributed by atoms with Crippen molar-refractivity contribution in [1.82, 2.24) is 24.7 Å². The first-order valence-electron chi connectivity index (χ1n) is 10.4. The van der Waals surface area contributed by atoms with Gasteiger partial charge in [-0.1, -0.05) is 0 Å². The van der Waals surface area contributed by atoms with Crippen molar-refractivity contribution in [3.05, 3.63) is 36.5 Å². The Labute approximate surface area is 169 Å². The van der Waals surface area contributed by atoms with Crippen LogP contribution in [0, 0.1) is 0 Å². The molecule has 3 aromatic heterocycles. The average Bonchev–Trinajstić information content (AvgIpc) is 3.21. The summed E-state index contributed by atoms with van der Waals surface area (Å²) in [5.41, 5.74) is 0.923. The fourth-order valence-electron chi connectivity index (χ4n) is 4.35. The Morgan fingerprint density at radius 1 is 1.10 bits per heavy atom. The smallest absolute Gasteiger partial charge is 0.225 e. The molecule has 152 valence electrons. The largest absolute Gasteiger partial charge is 0.474 e. The van der Waals surface area contributed by atoms with Gasteiger partial charge in [-0.05, 0) is 37.8 Å². The summed E-state index contributed by atoms with van der Waals surface area (Å²) in [5.74, 6) is 3.14. The van der Waals surface area contributed by atoms with Crippen LogP contribution in [0.4, 0.5) is 5.82 Å². The summed E-state index contributed by atoms with van der Waals surface area (Å²) in [7, 11) is 1.96. The molecular formula is C21H26N6O2. The molecule has 0 aromatic carbocycles. The number of pyridine rings is 2. The SMILES string of the molecule is Cn1ncnc1C1CCC(Oc2nc(N3CCOCC3)cc3ncccc23)CC1. The van der Waals surface area contributed by atoms with Crippen molar-refractivity contribution in [2.24, 2.45) is 7.05 Å². The number of nitrogens with zero attached hydrogens (tertiary/aromatic N) is 6. The van der Waals surface area contributed by atoms with E-state index in [4.69, 9.17) is 14.5 Å². The van der Waals surface area contributed by atoms with Gasteiger partial charge in [0.1, 0.15) is 24.1 Å². The highest BCUT2D eigenvalue weighted by atomic mass is 16.5. The van der Waals surface area contributed by atoms with E-state index in [0.29, 0.717) is 11.8 Å². The van der Waals surface area contributed by atoms with Crippen LogP contribution < -0.4 is 9.64 Å². The van der Waals surface area contributed by atoms with E-state index in [9.17, 15) is 0 Å². The van der Waals surface area contributed by atoms with Crippen molar-refractivity contribution in [2.75, 3.05) is 31.2 Å². The highest BCUT2D eigenvalue weighted by molar-refractivity contribution is 5.85. The fraction of sp³-hybridized carbons (Fsp3) is 0.524. The lowest BCUT2D eigenvalue weighted by molar-refractivity contribution is 0.121. The van der Waals surface area contributed by atoms with Crippen molar-refractivity contribution in [2.45, 2.75) is 37.7 Å². The van der Waals surface area contributed by atoms with Gasteiger partial charge >= 0.3 is 0 Å². The number of fused-ring (bicyclic) bond motifs is 1. The molecule has 29 heavy (non-hydrogen) atoms. The first-order valence-corrected chi connectivity index (χ1v) is 10.4. The summed E-state index contributed by atoms with van der Waals surface area (Å²) in [4.78, 5) is 16.1. The molecule has 8 heteroatoms. The van der Waals surface area contributed by atoms with Gasteiger partial charge in [0.05, 0.1) is 24.1 Å². The molecular weight excluding hydrogens is 368 g/mol. The summed E-state index contributed by atoms with van der Waals surface area (Å²) >= 11 is 0. The Hall–Kier alpha value is -2.74. The van der Waals surface area contributed by atoms with Gasteiger partial charge in [0.2, 0.25) is 5.88 Å². The van der Waals surface area contributed by atoms with Crippen LogP contribution in [0.1, 0.15) is 37.4 Å². The number of aromatic nitrogens is 5. The van der Waals surface area contributed by atoms with Gasteiger partial charge < -0.3 is 14.4 Å². The lowest BCUT2D eigenvalue weighted by Crippen LogP contribution is -2.36. The number of aryl methyl sites for hydroxylation is 1. The zero-order valence-corrected chi connectivity index (χ0v) is 16.7. The standard InChI is InChI=1S/C21H26N6O2/c1-26-20(23-14-24-26)15-4-6-16(7-5-15)29-21-17-3-2-8-22-18(17)13-19(25-21)27-9-11-28-12-10-27/h2-3,8,13-16H,4-7,9-12H2,1H3. The Bertz CT molecular complexity index is 976. The zero-order chi connectivity index (χ0) is 19.6. The third-order valence-corrected chi connectivity index (χ3v) is 5.95. The lowest BCUT2D eigenvalue weighted by Gasteiger charge is -2.30. The minimum Gasteiger partial charge on any atom is -0.474 e. The van der Waals surface area contributed by atoms with Gasteiger partial charge in [0, 0.05) is 38.3 Å². The van der Waals surface area contributed by atoms with Gasteiger partial charge in [0.15, 0.2) is 0 Å². The quantitative estimate of drug-likeness (QED) is 0.673. The molecule has 0 amide bonds. The van der Waals surface area contributed by atoms with E-state index in [2.05, 4.69) is 26.0 Å². The molecule has 0 spiro atoms. The summed E-state index contributed by atoms with van der Waals surface area (Å²) < 4.78 is 13.8. The van der Waals surface area contributed by atoms with Crippen molar-refractivity contribution >= 4 is 16.7 Å². The Balaban J connectivity index is 1.35. The van der Waals surface area contributed by atoms with Crippen LogP contribution in [0.25, 0.3) is 10.9 Å². The number of anilines is 1. The van der Waals surface area contributed by atoms with E-state index in [1.165, 1.54) is 0 Å². The first-order chi connectivity index (χ1) is 14.3. The van der Waals surface area contributed by atoms with E-state index in [1.54, 1.807) is 6.33 Å². The Morgan fingerprint density at radius 3 is 2.69 bits per heavy atom. The highest BCUT2D eigenvalue weighted by Gasteiger charge is 2.27. The van der Waals surface area contributed by atoms with Crippen molar-refractivity contribution in [1.29, 1.82) is 0 Å². The predicted molar refractivity (Wildman–Crippen MR) is 109 cm³/mol. The maximum absolute atomic E-state index is 6.44. The number of morpholine rings is 1. The summed E-state index contributed by atoms with van der Waals surface area (Å²) in [5, 5.41) is 5.18. The number of hydrogen-bond acceptors (Lipinski definition) is 7. The Morgan fingerprint density at radius 2 is 1.93 bits per heavy atom. The second-order valence-corrected chi connectivity index (χ2v) is 7.79. The molecule has 1 aliphatic carbocycles. The molecule has 2 aliphatic rings. The molecule has 1 aliphatic heterocycles. The molecule has 8 nitrogen and oxygen atoms in total. The van der Waals surface area contributed by atoms with Gasteiger partial charge in [0.25, 0.3) is 0 Å². The number of rotatable bonds is 4. The molecule has 4 heterocycles. The maximum atomic E-state index is 6.44. The van der Waals surface area contributed by atoms with Gasteiger partial charge in [-0.25, -0.2) is 4.98 Å². The van der Waals surface area contributed by atoms with Crippen LogP contribution >= 0.6 is 0 Å². The molecule has 0 atom stereocenters. The molecule has 0 bridgehead atoms. The molecule has 1 saturated heterocycles. The first kappa shape index (κ1) is 18.3. The van der Waals surface area contributed by atoms with Crippen LogP contribution in [0.3, 0.4) is 0 Å². The van der Waals surface area contributed by atoms with Crippen LogP contribution in [-0.2, 0) is 11.8 Å². The highest BCUT2D eigenvalue weighted by Crippen LogP contribution is 2.35. The maximum Gasteiger partial charge on any atom is 0.225 e. The molecule has 1 saturated carbocycles. The molecule has 2 fully saturated rings. The normalized spacial score (nSPS) is 22.7. The molecule has 5 rings (SSSR count). The monoisotopic (exact) mass is 394 g/mol. The summed E-state index contributed by atoms with van der Waals surface area (Å²) in [6.07, 6.45) is 7.70. The molecule has 3 aromatic rings. The van der Waals surface area contributed by atoms with Crippen LogP contribution in [-0.4, -0.2) is 57.1 Å². The van der Waals surface area contributed by atoms with E-state index < -0.39 is 0 Å². The number of hydrogen-bond donors (Lipinski definition) is 0. The van der Waals surface area contributed by atoms with E-state index in [1.807, 2.05) is 30.1 Å². The van der Waals surface area contributed by atoms with Crippen molar-refractivity contribution in [3.63, 3.8) is 0 Å². The minimum absolute atomic E-state index is 0.162. The fourth-order valence-corrected chi connectivity index (χ4v) is 4.35. The summed E-state index contributed by atoms with van der Waals surface area (Å²) in [6.45, 7) is 3.13. The van der Waals surface area contributed by atoms with Crippen LogP contribution in [0.15, 0.2) is 30.7 Å². The van der Waals surface area contributed by atoms with Gasteiger partial charge in [-0.15, -0.1) is 0 Å². The zero-order valence-electron chi connectivity index (χ0n) is 16.7. The second kappa shape index (κ2) is 7.94. The summed E-state index contributed by atoms with van der Waals surface area (Å²) in [6, 6.07) is 6.04. The van der Waals surface area contributed by atoms with E-state index in [0.717, 1.165) is 74.5 Å². The van der Waals surface area contributed by atoms with Crippen LogP contribution in [0.5, 0.6) is 5.88 Å². The minimum atomic E-state index is 0.162. The second-order valence-electron chi connectivity index (χ2n) is 7.79. The van der Waals surface area contributed by atoms with E-state index >= 15 is 0 Å². The molecule has 0 radical (unpaired) electrons.